The number of amides is 2. The molecule has 1 unspecified atom stereocenters. The van der Waals surface area contributed by atoms with Crippen LogP contribution < -0.4 is 10.6 Å². The maximum Gasteiger partial charge on any atom is 0.282 e. The summed E-state index contributed by atoms with van der Waals surface area (Å²) in [5.41, 5.74) is -3.24. The van der Waals surface area contributed by atoms with Crippen molar-refractivity contribution in [2.75, 3.05) is 10.6 Å². The fourth-order valence-electron chi connectivity index (χ4n) is 5.16. The monoisotopic (exact) mass is 778 g/mol. The zero-order chi connectivity index (χ0) is 39.4. The average Bonchev–Trinajstić information content (AvgIpc) is 3.73. The molecule has 0 spiro atoms. The summed E-state index contributed by atoms with van der Waals surface area (Å²) in [7, 11) is 2.86. The van der Waals surface area contributed by atoms with Crippen molar-refractivity contribution in [2.45, 2.75) is 12.1 Å². The van der Waals surface area contributed by atoms with E-state index in [-0.39, 0.29) is 44.9 Å². The van der Waals surface area contributed by atoms with Crippen molar-refractivity contribution in [1.29, 1.82) is 0 Å². The van der Waals surface area contributed by atoms with E-state index in [2.05, 4.69) is 20.8 Å². The van der Waals surface area contributed by atoms with Gasteiger partial charge in [-0.25, -0.2) is 39.5 Å². The molecule has 6 aromatic rings. The SMILES string of the molecule is Cn1cc(C(=O)Nc2c(F)cccc2-c2ccc(F)c(F)c2)c(C(F)F)n1.Cn1cc(C(=O)Nc2ccccc2-c2cc(F)c(F)c(F)c2)c(C(F)Cl)n1. The highest BCUT2D eigenvalue weighted by atomic mass is 35.5. The van der Waals surface area contributed by atoms with Gasteiger partial charge >= 0.3 is 0 Å². The number of hydrogen-bond acceptors (Lipinski definition) is 4. The number of hydrogen-bond donors (Lipinski definition) is 2. The number of nitrogens with one attached hydrogen (secondary N) is 2. The molecule has 4 aromatic carbocycles. The molecule has 54 heavy (non-hydrogen) atoms. The van der Waals surface area contributed by atoms with E-state index in [1.54, 1.807) is 12.1 Å². The highest BCUT2D eigenvalue weighted by Gasteiger charge is 2.25. The van der Waals surface area contributed by atoms with E-state index in [1.165, 1.54) is 55.3 Å². The number of halogens is 10. The minimum absolute atomic E-state index is 0.0226. The highest BCUT2D eigenvalue weighted by molar-refractivity contribution is 6.20. The van der Waals surface area contributed by atoms with Gasteiger partial charge in [0.05, 0.1) is 16.8 Å². The van der Waals surface area contributed by atoms with Gasteiger partial charge in [0.2, 0.25) is 5.63 Å². The van der Waals surface area contributed by atoms with Gasteiger partial charge in [-0.1, -0.05) is 48.0 Å². The van der Waals surface area contributed by atoms with Crippen LogP contribution in [0.3, 0.4) is 0 Å². The van der Waals surface area contributed by atoms with E-state index in [0.717, 1.165) is 41.2 Å². The lowest BCUT2D eigenvalue weighted by Crippen LogP contribution is -2.15. The van der Waals surface area contributed by atoms with Crippen molar-refractivity contribution >= 4 is 34.8 Å². The molecule has 2 amide bonds. The summed E-state index contributed by atoms with van der Waals surface area (Å²) in [6, 6.07) is 14.4. The van der Waals surface area contributed by atoms with Gasteiger partial charge in [0.25, 0.3) is 18.2 Å². The predicted molar refractivity (Wildman–Crippen MR) is 180 cm³/mol. The van der Waals surface area contributed by atoms with Gasteiger partial charge in [-0.3, -0.25) is 19.0 Å². The van der Waals surface area contributed by atoms with Crippen LogP contribution in [0.1, 0.15) is 44.2 Å². The summed E-state index contributed by atoms with van der Waals surface area (Å²) in [5.74, 6) is -9.13. The Kier molecular flexibility index (Phi) is 11.8. The Labute approximate surface area is 304 Å². The molecule has 0 saturated carbocycles. The second-order valence-corrected chi connectivity index (χ2v) is 11.7. The first-order chi connectivity index (χ1) is 25.5. The Morgan fingerprint density at radius 1 is 0.630 bits per heavy atom. The van der Waals surface area contributed by atoms with Crippen molar-refractivity contribution in [2.24, 2.45) is 14.1 Å². The molecule has 8 nitrogen and oxygen atoms in total. The Hall–Kier alpha value is -6.10. The fraction of sp³-hybridized carbons (Fsp3) is 0.111. The first-order valence-electron chi connectivity index (χ1n) is 15.3. The molecule has 2 N–H and O–H groups in total. The van der Waals surface area contributed by atoms with Crippen LogP contribution >= 0.6 is 11.6 Å². The number of aryl methyl sites for hydroxylation is 2. The molecular weight excluding hydrogens is 755 g/mol. The molecule has 2 heterocycles. The number of alkyl halides is 4. The number of carbonyl (C=O) groups is 2. The first-order valence-corrected chi connectivity index (χ1v) is 15.7. The van der Waals surface area contributed by atoms with E-state index in [0.29, 0.717) is 0 Å². The van der Waals surface area contributed by atoms with Crippen LogP contribution in [0.15, 0.2) is 85.2 Å². The fourth-order valence-corrected chi connectivity index (χ4v) is 5.33. The van der Waals surface area contributed by atoms with Gasteiger partial charge in [-0.15, -0.1) is 0 Å². The average molecular weight is 779 g/mol. The van der Waals surface area contributed by atoms with Crippen LogP contribution in [0, 0.1) is 34.9 Å². The Balaban J connectivity index is 0.000000208. The van der Waals surface area contributed by atoms with Crippen molar-refractivity contribution in [3.05, 3.63) is 143 Å². The molecule has 0 saturated heterocycles. The van der Waals surface area contributed by atoms with E-state index in [9.17, 15) is 49.1 Å². The van der Waals surface area contributed by atoms with Gasteiger partial charge in [0.1, 0.15) is 17.2 Å². The maximum atomic E-state index is 14.3. The molecule has 0 radical (unpaired) electrons. The zero-order valence-electron chi connectivity index (χ0n) is 27.6. The lowest BCUT2D eigenvalue weighted by Gasteiger charge is -2.13. The van der Waals surface area contributed by atoms with Gasteiger partial charge in [-0.05, 0) is 47.5 Å². The van der Waals surface area contributed by atoms with Crippen LogP contribution in [0.5, 0.6) is 0 Å². The number of carbonyl (C=O) groups excluding carboxylic acids is 2. The molecule has 0 aliphatic carbocycles. The van der Waals surface area contributed by atoms with Gasteiger partial charge in [0, 0.05) is 43.3 Å². The van der Waals surface area contributed by atoms with Gasteiger partial charge in [-0.2, -0.15) is 10.2 Å². The predicted octanol–water partition coefficient (Wildman–Crippen LogP) is 9.66. The van der Waals surface area contributed by atoms with E-state index in [1.807, 2.05) is 0 Å². The minimum atomic E-state index is -3.00. The van der Waals surface area contributed by atoms with E-state index >= 15 is 0 Å². The molecule has 18 heteroatoms. The number of rotatable bonds is 8. The largest absolute Gasteiger partial charge is 0.321 e. The van der Waals surface area contributed by atoms with Crippen molar-refractivity contribution in [3.63, 3.8) is 0 Å². The van der Waals surface area contributed by atoms with Crippen LogP contribution in [-0.2, 0) is 14.1 Å². The standard InChI is InChI=1S/C18H12ClF4N3O.C18H12F5N3O/c1-26-8-11(16(25-26)17(19)23)18(27)24-14-5-3-2-4-10(14)9-6-12(20)15(22)13(21)7-9;1-26-8-11(16(25-26)17(22)23)18(27)24-15-10(3-2-4-13(15)20)9-5-6-12(19)14(21)7-9/h2*2-8,17H,1H3,(H,24,27). The molecular formula is C36H24ClF9N6O2. The Bertz CT molecular complexity index is 2340. The van der Waals surface area contributed by atoms with E-state index < -0.39 is 70.0 Å². The lowest BCUT2D eigenvalue weighted by molar-refractivity contribution is 0.100. The topological polar surface area (TPSA) is 93.8 Å². The van der Waals surface area contributed by atoms with Gasteiger partial charge in [0.15, 0.2) is 29.1 Å². The summed E-state index contributed by atoms with van der Waals surface area (Å²) >= 11 is 5.40. The van der Waals surface area contributed by atoms with Gasteiger partial charge < -0.3 is 10.6 Å². The van der Waals surface area contributed by atoms with Crippen molar-refractivity contribution < 1.29 is 49.1 Å². The van der Waals surface area contributed by atoms with Crippen LogP contribution in [0.2, 0.25) is 0 Å². The summed E-state index contributed by atoms with van der Waals surface area (Å²) < 4.78 is 123. The molecule has 1 atom stereocenters. The van der Waals surface area contributed by atoms with Crippen molar-refractivity contribution in [1.82, 2.24) is 19.6 Å². The molecule has 0 bridgehead atoms. The number of aromatic nitrogens is 4. The Morgan fingerprint density at radius 3 is 1.80 bits per heavy atom. The second kappa shape index (κ2) is 16.3. The summed E-state index contributed by atoms with van der Waals surface area (Å²) in [6.07, 6.45) is -0.632. The molecule has 0 aliphatic rings. The van der Waals surface area contributed by atoms with Crippen LogP contribution in [0.4, 0.5) is 50.9 Å². The van der Waals surface area contributed by atoms with Crippen molar-refractivity contribution in [3.8, 4) is 22.3 Å². The molecule has 280 valence electrons. The third kappa shape index (κ3) is 8.57. The summed E-state index contributed by atoms with van der Waals surface area (Å²) in [4.78, 5) is 24.9. The third-order valence-electron chi connectivity index (χ3n) is 7.57. The normalized spacial score (nSPS) is 11.6. The smallest absolute Gasteiger partial charge is 0.282 e. The van der Waals surface area contributed by atoms with Crippen LogP contribution in [-0.4, -0.2) is 31.4 Å². The first kappa shape index (κ1) is 39.1. The molecule has 6 rings (SSSR count). The summed E-state index contributed by atoms with van der Waals surface area (Å²) in [5, 5.41) is 12.1. The number of benzene rings is 4. The molecule has 2 aromatic heterocycles. The number of anilines is 2. The Morgan fingerprint density at radius 2 is 1.19 bits per heavy atom. The molecule has 0 fully saturated rings. The van der Waals surface area contributed by atoms with Crippen LogP contribution in [0.25, 0.3) is 22.3 Å². The number of para-hydroxylation sites is 2. The zero-order valence-corrected chi connectivity index (χ0v) is 28.4. The van der Waals surface area contributed by atoms with E-state index in [4.69, 9.17) is 11.6 Å². The third-order valence-corrected chi connectivity index (χ3v) is 7.78. The quantitative estimate of drug-likeness (QED) is 0.0915. The maximum absolute atomic E-state index is 14.3. The summed E-state index contributed by atoms with van der Waals surface area (Å²) in [6.45, 7) is 0. The molecule has 0 aliphatic heterocycles. The minimum Gasteiger partial charge on any atom is -0.321 e. The number of nitrogens with zero attached hydrogens (tertiary/aromatic N) is 4. The highest BCUT2D eigenvalue weighted by Crippen LogP contribution is 2.34. The second-order valence-electron chi connectivity index (χ2n) is 11.3. The lowest BCUT2D eigenvalue weighted by atomic mass is 10.0.